The SMILES string of the molecule is CC(=O)NC1CCN(c2ccc(Br)cc2/C=C/C(=O)O)C1. The van der Waals surface area contributed by atoms with Crippen molar-refractivity contribution >= 4 is 39.6 Å². The van der Waals surface area contributed by atoms with Gasteiger partial charge in [-0.3, -0.25) is 4.79 Å². The van der Waals surface area contributed by atoms with Gasteiger partial charge < -0.3 is 15.3 Å². The average Bonchev–Trinajstić information content (AvgIpc) is 2.83. The first kappa shape index (κ1) is 15.6. The highest BCUT2D eigenvalue weighted by atomic mass is 79.9. The second-order valence-electron chi connectivity index (χ2n) is 5.01. The highest BCUT2D eigenvalue weighted by Crippen LogP contribution is 2.28. The lowest BCUT2D eigenvalue weighted by Crippen LogP contribution is -2.35. The molecule has 1 unspecified atom stereocenters. The van der Waals surface area contributed by atoms with Gasteiger partial charge in [-0.05, 0) is 36.3 Å². The lowest BCUT2D eigenvalue weighted by atomic mass is 10.1. The second-order valence-corrected chi connectivity index (χ2v) is 5.92. The molecule has 0 radical (unpaired) electrons. The van der Waals surface area contributed by atoms with E-state index in [9.17, 15) is 9.59 Å². The molecule has 1 saturated heterocycles. The Morgan fingerprint density at radius 1 is 1.48 bits per heavy atom. The minimum absolute atomic E-state index is 0.0244. The van der Waals surface area contributed by atoms with E-state index in [-0.39, 0.29) is 11.9 Å². The number of benzene rings is 1. The van der Waals surface area contributed by atoms with E-state index in [1.54, 1.807) is 6.08 Å². The van der Waals surface area contributed by atoms with Crippen molar-refractivity contribution in [1.82, 2.24) is 5.32 Å². The summed E-state index contributed by atoms with van der Waals surface area (Å²) >= 11 is 3.40. The zero-order chi connectivity index (χ0) is 15.4. The van der Waals surface area contributed by atoms with Crippen molar-refractivity contribution in [3.63, 3.8) is 0 Å². The summed E-state index contributed by atoms with van der Waals surface area (Å²) < 4.78 is 0.897. The Morgan fingerprint density at radius 2 is 2.24 bits per heavy atom. The number of nitrogens with one attached hydrogen (secondary N) is 1. The Kier molecular flexibility index (Phi) is 5.01. The molecule has 6 heteroatoms. The number of halogens is 1. The molecule has 1 aliphatic heterocycles. The number of carboxylic acids is 1. The van der Waals surface area contributed by atoms with Crippen LogP contribution < -0.4 is 10.2 Å². The molecule has 1 aliphatic rings. The van der Waals surface area contributed by atoms with Crippen molar-refractivity contribution in [1.29, 1.82) is 0 Å². The average molecular weight is 353 g/mol. The molecule has 5 nitrogen and oxygen atoms in total. The van der Waals surface area contributed by atoms with Crippen LogP contribution in [0.5, 0.6) is 0 Å². The number of anilines is 1. The number of nitrogens with zero attached hydrogens (tertiary/aromatic N) is 1. The number of amides is 1. The van der Waals surface area contributed by atoms with Gasteiger partial charge in [0.2, 0.25) is 5.91 Å². The van der Waals surface area contributed by atoms with Crippen LogP contribution in [-0.4, -0.2) is 36.1 Å². The van der Waals surface area contributed by atoms with Crippen molar-refractivity contribution in [2.75, 3.05) is 18.0 Å². The molecule has 21 heavy (non-hydrogen) atoms. The third kappa shape index (κ3) is 4.32. The predicted octanol–water partition coefficient (Wildman–Crippen LogP) is 2.26. The molecule has 0 bridgehead atoms. The van der Waals surface area contributed by atoms with Gasteiger partial charge in [0, 0.05) is 42.3 Å². The number of hydrogen-bond donors (Lipinski definition) is 2. The standard InChI is InChI=1S/C15H17BrN2O3/c1-10(19)17-13-6-7-18(9-13)14-4-3-12(16)8-11(14)2-5-15(20)21/h2-5,8,13H,6-7,9H2,1H3,(H,17,19)(H,20,21)/b5-2+. The molecule has 1 aromatic rings. The number of carbonyl (C=O) groups is 2. The number of carbonyl (C=O) groups excluding carboxylic acids is 1. The van der Waals surface area contributed by atoms with Crippen molar-refractivity contribution in [3.8, 4) is 0 Å². The Balaban J connectivity index is 2.20. The molecule has 1 amide bonds. The Bertz CT molecular complexity index is 586. The number of aliphatic carboxylic acids is 1. The quantitative estimate of drug-likeness (QED) is 0.815. The van der Waals surface area contributed by atoms with E-state index >= 15 is 0 Å². The van der Waals surface area contributed by atoms with E-state index in [0.717, 1.165) is 41.3 Å². The van der Waals surface area contributed by atoms with Gasteiger partial charge in [-0.1, -0.05) is 15.9 Å². The van der Waals surface area contributed by atoms with Gasteiger partial charge in [-0.15, -0.1) is 0 Å². The second kappa shape index (κ2) is 6.76. The zero-order valence-corrected chi connectivity index (χ0v) is 13.3. The molecule has 1 atom stereocenters. The molecule has 112 valence electrons. The van der Waals surface area contributed by atoms with Crippen LogP contribution in [0.4, 0.5) is 5.69 Å². The van der Waals surface area contributed by atoms with Crippen molar-refractivity contribution in [3.05, 3.63) is 34.3 Å². The topological polar surface area (TPSA) is 69.6 Å². The van der Waals surface area contributed by atoms with Gasteiger partial charge in [0.15, 0.2) is 0 Å². The van der Waals surface area contributed by atoms with Gasteiger partial charge in [0.05, 0.1) is 0 Å². The Morgan fingerprint density at radius 3 is 2.90 bits per heavy atom. The molecular formula is C15H17BrN2O3. The van der Waals surface area contributed by atoms with Gasteiger partial charge in [0.1, 0.15) is 0 Å². The fourth-order valence-electron chi connectivity index (χ4n) is 2.49. The van der Waals surface area contributed by atoms with Crippen molar-refractivity contribution in [2.45, 2.75) is 19.4 Å². The smallest absolute Gasteiger partial charge is 0.328 e. The largest absolute Gasteiger partial charge is 0.478 e. The van der Waals surface area contributed by atoms with E-state index in [2.05, 4.69) is 26.1 Å². The van der Waals surface area contributed by atoms with Gasteiger partial charge >= 0.3 is 5.97 Å². The van der Waals surface area contributed by atoms with E-state index in [1.165, 1.54) is 6.92 Å². The summed E-state index contributed by atoms with van der Waals surface area (Å²) in [5.41, 5.74) is 1.82. The molecule has 0 aromatic heterocycles. The molecule has 1 aromatic carbocycles. The summed E-state index contributed by atoms with van der Waals surface area (Å²) in [5, 5.41) is 11.7. The van der Waals surface area contributed by atoms with Crippen LogP contribution in [0.15, 0.2) is 28.7 Å². The monoisotopic (exact) mass is 352 g/mol. The van der Waals surface area contributed by atoms with Gasteiger partial charge in [0.25, 0.3) is 0 Å². The molecule has 2 N–H and O–H groups in total. The van der Waals surface area contributed by atoms with Crippen LogP contribution in [0.2, 0.25) is 0 Å². The molecule has 0 saturated carbocycles. The molecule has 0 aliphatic carbocycles. The fraction of sp³-hybridized carbons (Fsp3) is 0.333. The highest BCUT2D eigenvalue weighted by molar-refractivity contribution is 9.10. The van der Waals surface area contributed by atoms with Gasteiger partial charge in [-0.2, -0.15) is 0 Å². The fourth-order valence-corrected chi connectivity index (χ4v) is 2.87. The number of rotatable bonds is 4. The predicted molar refractivity (Wildman–Crippen MR) is 85.2 cm³/mol. The summed E-state index contributed by atoms with van der Waals surface area (Å²) in [6.45, 7) is 3.08. The summed E-state index contributed by atoms with van der Waals surface area (Å²) in [4.78, 5) is 24.0. The molecular weight excluding hydrogens is 336 g/mol. The van der Waals surface area contributed by atoms with Crippen molar-refractivity contribution < 1.29 is 14.7 Å². The summed E-state index contributed by atoms with van der Waals surface area (Å²) in [5.74, 6) is -0.998. The lowest BCUT2D eigenvalue weighted by molar-refractivity contribution is -0.131. The maximum absolute atomic E-state index is 11.1. The number of carboxylic acid groups (broad SMARTS) is 1. The maximum atomic E-state index is 11.1. The van der Waals surface area contributed by atoms with Crippen LogP contribution in [0.1, 0.15) is 18.9 Å². The first-order valence-corrected chi connectivity index (χ1v) is 7.47. The molecule has 2 rings (SSSR count). The first-order valence-electron chi connectivity index (χ1n) is 6.68. The maximum Gasteiger partial charge on any atom is 0.328 e. The van der Waals surface area contributed by atoms with Crippen LogP contribution in [-0.2, 0) is 9.59 Å². The van der Waals surface area contributed by atoms with E-state index in [4.69, 9.17) is 5.11 Å². The summed E-state index contributed by atoms with van der Waals surface area (Å²) in [7, 11) is 0. The minimum atomic E-state index is -0.974. The van der Waals surface area contributed by atoms with Crippen LogP contribution >= 0.6 is 15.9 Å². The Labute approximate surface area is 131 Å². The minimum Gasteiger partial charge on any atom is -0.478 e. The third-order valence-corrected chi connectivity index (χ3v) is 3.82. The number of hydrogen-bond acceptors (Lipinski definition) is 3. The normalized spacial score (nSPS) is 18.2. The zero-order valence-electron chi connectivity index (χ0n) is 11.7. The third-order valence-electron chi connectivity index (χ3n) is 3.33. The van der Waals surface area contributed by atoms with Crippen LogP contribution in [0.25, 0.3) is 6.08 Å². The van der Waals surface area contributed by atoms with E-state index < -0.39 is 5.97 Å². The first-order chi connectivity index (χ1) is 9.95. The Hall–Kier alpha value is -1.82. The molecule has 0 spiro atoms. The van der Waals surface area contributed by atoms with Crippen LogP contribution in [0.3, 0.4) is 0 Å². The lowest BCUT2D eigenvalue weighted by Gasteiger charge is -2.21. The highest BCUT2D eigenvalue weighted by Gasteiger charge is 2.24. The van der Waals surface area contributed by atoms with Gasteiger partial charge in [-0.25, -0.2) is 4.79 Å². The van der Waals surface area contributed by atoms with Crippen molar-refractivity contribution in [2.24, 2.45) is 0 Å². The summed E-state index contributed by atoms with van der Waals surface area (Å²) in [6.07, 6.45) is 3.61. The van der Waals surface area contributed by atoms with E-state index in [1.807, 2.05) is 18.2 Å². The molecule has 1 fully saturated rings. The summed E-state index contributed by atoms with van der Waals surface area (Å²) in [6, 6.07) is 5.92. The van der Waals surface area contributed by atoms with Crippen LogP contribution in [0, 0.1) is 0 Å². The van der Waals surface area contributed by atoms with E-state index in [0.29, 0.717) is 0 Å². The molecule has 1 heterocycles.